The lowest BCUT2D eigenvalue weighted by Gasteiger charge is -2.21. The molecule has 1 aliphatic heterocycles. The highest BCUT2D eigenvalue weighted by Gasteiger charge is 2.43. The number of Topliss-reactive ketones (excluding diaryl/α,β-unsaturated/α-hetero) is 1. The van der Waals surface area contributed by atoms with Gasteiger partial charge in [-0.3, -0.25) is 10.1 Å². The molecule has 0 bridgehead atoms. The number of nitrogens with two attached hydrogens (primary N) is 1. The van der Waals surface area contributed by atoms with Crippen LogP contribution in [0.5, 0.6) is 0 Å². The van der Waals surface area contributed by atoms with Crippen molar-refractivity contribution in [3.63, 3.8) is 0 Å². The van der Waals surface area contributed by atoms with Crippen molar-refractivity contribution in [2.75, 3.05) is 0 Å². The minimum absolute atomic E-state index is 0.112. The summed E-state index contributed by atoms with van der Waals surface area (Å²) in [5.41, 5.74) is 4.88. The number of amides is 1. The zero-order valence-corrected chi connectivity index (χ0v) is 9.94. The topological polar surface area (TPSA) is 94.0 Å². The molecular formula is C10H18N2O4. The van der Waals surface area contributed by atoms with Crippen molar-refractivity contribution in [3.05, 3.63) is 0 Å². The molecule has 6 nitrogen and oxygen atoms in total. The summed E-state index contributed by atoms with van der Waals surface area (Å²) in [5.74, 6) is -0.335. The molecule has 1 saturated heterocycles. The molecule has 0 aromatic rings. The zero-order valence-electron chi connectivity index (χ0n) is 9.94. The van der Waals surface area contributed by atoms with Crippen molar-refractivity contribution in [1.29, 1.82) is 0 Å². The van der Waals surface area contributed by atoms with Crippen LogP contribution in [0, 0.1) is 0 Å². The van der Waals surface area contributed by atoms with Crippen molar-refractivity contribution >= 4 is 11.9 Å². The number of carbonyl (C=O) groups excluding carboxylic acids is 2. The van der Waals surface area contributed by atoms with E-state index in [1.165, 1.54) is 0 Å². The number of carbonyl (C=O) groups is 2. The first kappa shape index (κ1) is 12.9. The lowest BCUT2D eigenvalue weighted by molar-refractivity contribution is -0.122. The summed E-state index contributed by atoms with van der Waals surface area (Å²) in [6, 6.07) is 0. The number of rotatable bonds is 3. The maximum Gasteiger partial charge on any atom is 0.409 e. The van der Waals surface area contributed by atoms with Crippen LogP contribution in [0.2, 0.25) is 0 Å². The molecule has 92 valence electrons. The van der Waals surface area contributed by atoms with Crippen LogP contribution in [-0.2, 0) is 14.3 Å². The Morgan fingerprint density at radius 3 is 2.31 bits per heavy atom. The third-order valence-electron chi connectivity index (χ3n) is 1.97. The summed E-state index contributed by atoms with van der Waals surface area (Å²) in [6.07, 6.45) is -2.39. The highest BCUT2D eigenvalue weighted by molar-refractivity contribution is 5.92. The fraction of sp³-hybridized carbons (Fsp3) is 0.800. The van der Waals surface area contributed by atoms with Crippen LogP contribution >= 0.6 is 0 Å². The quantitative estimate of drug-likeness (QED) is 0.531. The summed E-state index contributed by atoms with van der Waals surface area (Å²) in [4.78, 5) is 22.8. The molecule has 16 heavy (non-hydrogen) atoms. The maximum atomic E-state index is 11.5. The summed E-state index contributed by atoms with van der Waals surface area (Å²) >= 11 is 0. The minimum Gasteiger partial charge on any atom is -0.444 e. The smallest absolute Gasteiger partial charge is 0.409 e. The van der Waals surface area contributed by atoms with Crippen LogP contribution < -0.4 is 11.1 Å². The van der Waals surface area contributed by atoms with E-state index in [9.17, 15) is 9.59 Å². The Morgan fingerprint density at radius 2 is 1.94 bits per heavy atom. The molecule has 3 atom stereocenters. The van der Waals surface area contributed by atoms with Gasteiger partial charge in [0.25, 0.3) is 0 Å². The Labute approximate surface area is 94.5 Å². The molecule has 1 rings (SSSR count). The molecule has 1 fully saturated rings. The van der Waals surface area contributed by atoms with Gasteiger partial charge in [0.15, 0.2) is 0 Å². The first-order chi connectivity index (χ1) is 7.20. The van der Waals surface area contributed by atoms with Crippen molar-refractivity contribution < 1.29 is 19.1 Å². The lowest BCUT2D eigenvalue weighted by atomic mass is 10.2. The second-order valence-electron chi connectivity index (χ2n) is 4.79. The Morgan fingerprint density at radius 1 is 1.44 bits per heavy atom. The summed E-state index contributed by atoms with van der Waals surface area (Å²) in [7, 11) is 0. The van der Waals surface area contributed by atoms with Gasteiger partial charge in [0.2, 0.25) is 5.78 Å². The second-order valence-corrected chi connectivity index (χ2v) is 4.79. The summed E-state index contributed by atoms with van der Waals surface area (Å²) in [5, 5.41) is 2.27. The molecule has 1 aliphatic rings. The molecular weight excluding hydrogens is 212 g/mol. The van der Waals surface area contributed by atoms with Crippen molar-refractivity contribution in [1.82, 2.24) is 5.32 Å². The predicted molar refractivity (Wildman–Crippen MR) is 56.7 cm³/mol. The van der Waals surface area contributed by atoms with Crippen LogP contribution in [0.1, 0.15) is 27.7 Å². The van der Waals surface area contributed by atoms with E-state index in [1.54, 1.807) is 27.7 Å². The zero-order chi connectivity index (χ0) is 12.5. The Balaban J connectivity index is 2.36. The monoisotopic (exact) mass is 230 g/mol. The van der Waals surface area contributed by atoms with E-state index >= 15 is 0 Å². The van der Waals surface area contributed by atoms with Crippen LogP contribution in [0.4, 0.5) is 4.79 Å². The van der Waals surface area contributed by atoms with Crippen molar-refractivity contribution in [3.8, 4) is 0 Å². The van der Waals surface area contributed by atoms with Crippen LogP contribution in [-0.4, -0.2) is 35.9 Å². The van der Waals surface area contributed by atoms with Gasteiger partial charge in [0.05, 0.1) is 6.10 Å². The number of epoxide rings is 1. The number of hydrogen-bond donors (Lipinski definition) is 2. The molecule has 1 heterocycles. The van der Waals surface area contributed by atoms with Gasteiger partial charge in [-0.15, -0.1) is 0 Å². The summed E-state index contributed by atoms with van der Waals surface area (Å²) in [6.45, 7) is 6.95. The first-order valence-corrected chi connectivity index (χ1v) is 5.15. The largest absolute Gasteiger partial charge is 0.444 e. The highest BCUT2D eigenvalue weighted by atomic mass is 16.6. The average molecular weight is 230 g/mol. The fourth-order valence-electron chi connectivity index (χ4n) is 1.17. The molecule has 0 aliphatic carbocycles. The maximum absolute atomic E-state index is 11.5. The highest BCUT2D eigenvalue weighted by Crippen LogP contribution is 2.22. The Bertz CT molecular complexity index is 298. The Kier molecular flexibility index (Phi) is 3.54. The van der Waals surface area contributed by atoms with E-state index in [2.05, 4.69) is 5.32 Å². The van der Waals surface area contributed by atoms with Gasteiger partial charge < -0.3 is 15.2 Å². The third kappa shape index (κ3) is 3.79. The van der Waals surface area contributed by atoms with Gasteiger partial charge in [-0.05, 0) is 27.7 Å². The molecule has 0 aromatic heterocycles. The van der Waals surface area contributed by atoms with E-state index in [1.807, 2.05) is 0 Å². The van der Waals surface area contributed by atoms with E-state index in [0.717, 1.165) is 0 Å². The molecule has 0 spiro atoms. The minimum atomic E-state index is -1.08. The number of ether oxygens (including phenoxy) is 2. The second kappa shape index (κ2) is 4.39. The van der Waals surface area contributed by atoms with Gasteiger partial charge in [-0.1, -0.05) is 0 Å². The average Bonchev–Trinajstić information content (AvgIpc) is 2.77. The number of hydrogen-bond acceptors (Lipinski definition) is 5. The number of nitrogens with one attached hydrogen (secondary N) is 1. The molecule has 2 unspecified atom stereocenters. The molecule has 1 amide bonds. The van der Waals surface area contributed by atoms with E-state index in [4.69, 9.17) is 15.2 Å². The van der Waals surface area contributed by atoms with Crippen molar-refractivity contribution in [2.24, 2.45) is 5.73 Å². The van der Waals surface area contributed by atoms with Crippen molar-refractivity contribution in [2.45, 2.75) is 51.7 Å². The predicted octanol–water partition coefficient (Wildman–Crippen LogP) is 0.152. The number of ketones is 1. The molecule has 3 N–H and O–H groups in total. The SMILES string of the molecule is CC1OC1C(=O)[C@H](N)NC(=O)OC(C)(C)C. The molecule has 0 radical (unpaired) electrons. The van der Waals surface area contributed by atoms with Gasteiger partial charge >= 0.3 is 6.09 Å². The molecule has 6 heteroatoms. The van der Waals surface area contributed by atoms with Gasteiger partial charge in [0, 0.05) is 0 Å². The normalized spacial score (nSPS) is 25.8. The standard InChI is InChI=1S/C10H18N2O4/c1-5-7(15-5)6(13)8(11)12-9(14)16-10(2,3)4/h5,7-8H,11H2,1-4H3,(H,12,14)/t5?,7?,8-/m1/s1. The number of alkyl carbamates (subject to hydrolysis) is 1. The van der Waals surface area contributed by atoms with Gasteiger partial charge in [-0.2, -0.15) is 0 Å². The van der Waals surface area contributed by atoms with Crippen LogP contribution in [0.3, 0.4) is 0 Å². The summed E-state index contributed by atoms with van der Waals surface area (Å²) < 4.78 is 9.92. The van der Waals surface area contributed by atoms with E-state index in [-0.39, 0.29) is 11.9 Å². The molecule has 0 saturated carbocycles. The molecule has 0 aromatic carbocycles. The fourth-order valence-corrected chi connectivity index (χ4v) is 1.17. The van der Waals surface area contributed by atoms with E-state index < -0.39 is 24.0 Å². The van der Waals surface area contributed by atoms with Crippen LogP contribution in [0.15, 0.2) is 0 Å². The van der Waals surface area contributed by atoms with Crippen LogP contribution in [0.25, 0.3) is 0 Å². The van der Waals surface area contributed by atoms with Gasteiger partial charge in [0.1, 0.15) is 17.9 Å². The van der Waals surface area contributed by atoms with E-state index in [0.29, 0.717) is 0 Å². The van der Waals surface area contributed by atoms with Gasteiger partial charge in [-0.25, -0.2) is 4.79 Å². The Hall–Kier alpha value is -1.14. The first-order valence-electron chi connectivity index (χ1n) is 5.15. The third-order valence-corrected chi connectivity index (χ3v) is 1.97. The lowest BCUT2D eigenvalue weighted by Crippen LogP contribution is -2.50.